The van der Waals surface area contributed by atoms with Crippen LogP contribution in [0.15, 0.2) is 65.7 Å². The highest BCUT2D eigenvalue weighted by Gasteiger charge is 2.25. The topological polar surface area (TPSA) is 75.4 Å². The Bertz CT molecular complexity index is 1440. The van der Waals surface area contributed by atoms with Gasteiger partial charge in [0.25, 0.3) is 0 Å². The molecule has 0 amide bonds. The number of benzene rings is 3. The fraction of sp³-hybridized carbons (Fsp3) is 0.192. The molecule has 35 heavy (non-hydrogen) atoms. The minimum absolute atomic E-state index is 0.187. The maximum atomic E-state index is 12.1. The van der Waals surface area contributed by atoms with Gasteiger partial charge in [-0.05, 0) is 60.9 Å². The lowest BCUT2D eigenvalue weighted by Gasteiger charge is -2.14. The number of hydrogen-bond donors (Lipinski definition) is 2. The lowest BCUT2D eigenvalue weighted by Crippen LogP contribution is -2.15. The van der Waals surface area contributed by atoms with Crippen molar-refractivity contribution in [3.05, 3.63) is 87.1 Å². The second kappa shape index (κ2) is 10.1. The standard InChI is InChI=1S/C26H23Cl3N2O3S/c1-26(2,33)23-13-31(25(30-23)18-5-4-6-19(27)24(18)29)21-10-9-15(11-20(21)28)16-7-8-17(14-32)22(12-16)35(3)34/h4-13,32-33H,14H2,1-3H3/t35-/m1/s1. The van der Waals surface area contributed by atoms with Gasteiger partial charge < -0.3 is 10.2 Å². The molecule has 3 aromatic carbocycles. The van der Waals surface area contributed by atoms with Crippen LogP contribution >= 0.6 is 34.8 Å². The Morgan fingerprint density at radius 3 is 2.31 bits per heavy atom. The van der Waals surface area contributed by atoms with Gasteiger partial charge in [-0.25, -0.2) is 4.98 Å². The summed E-state index contributed by atoms with van der Waals surface area (Å²) in [6.07, 6.45) is 3.30. The normalized spacial score (nSPS) is 12.7. The number of imidazole rings is 1. The van der Waals surface area contributed by atoms with Crippen LogP contribution in [-0.2, 0) is 23.0 Å². The minimum atomic E-state index is -1.25. The van der Waals surface area contributed by atoms with E-state index >= 15 is 0 Å². The van der Waals surface area contributed by atoms with Crippen molar-refractivity contribution in [1.82, 2.24) is 9.55 Å². The molecule has 0 unspecified atom stereocenters. The highest BCUT2D eigenvalue weighted by atomic mass is 35.5. The van der Waals surface area contributed by atoms with Gasteiger partial charge >= 0.3 is 0 Å². The lowest BCUT2D eigenvalue weighted by atomic mass is 10.0. The predicted molar refractivity (Wildman–Crippen MR) is 143 cm³/mol. The summed E-state index contributed by atoms with van der Waals surface area (Å²) in [5.74, 6) is 0.486. The molecule has 1 atom stereocenters. The van der Waals surface area contributed by atoms with Gasteiger partial charge in [0.1, 0.15) is 11.4 Å². The molecule has 0 saturated carbocycles. The molecule has 9 heteroatoms. The quantitative estimate of drug-likeness (QED) is 0.283. The highest BCUT2D eigenvalue weighted by Crippen LogP contribution is 2.38. The molecule has 1 heterocycles. The molecule has 0 radical (unpaired) electrons. The van der Waals surface area contributed by atoms with E-state index in [9.17, 15) is 14.4 Å². The Morgan fingerprint density at radius 2 is 1.69 bits per heavy atom. The van der Waals surface area contributed by atoms with Gasteiger partial charge in [0.15, 0.2) is 0 Å². The summed E-state index contributed by atoms with van der Waals surface area (Å²) in [6, 6.07) is 16.2. The van der Waals surface area contributed by atoms with Crippen molar-refractivity contribution in [2.45, 2.75) is 31.0 Å². The number of rotatable bonds is 6. The van der Waals surface area contributed by atoms with E-state index in [1.165, 1.54) is 0 Å². The summed E-state index contributed by atoms with van der Waals surface area (Å²) in [4.78, 5) is 5.23. The minimum Gasteiger partial charge on any atom is -0.392 e. The van der Waals surface area contributed by atoms with Crippen LogP contribution in [-0.4, -0.2) is 30.2 Å². The van der Waals surface area contributed by atoms with E-state index in [4.69, 9.17) is 34.8 Å². The van der Waals surface area contributed by atoms with E-state index in [2.05, 4.69) is 4.98 Å². The number of aliphatic hydroxyl groups excluding tert-OH is 1. The molecule has 0 aliphatic carbocycles. The van der Waals surface area contributed by atoms with Gasteiger partial charge in [0.05, 0.1) is 43.9 Å². The molecule has 0 spiro atoms. The van der Waals surface area contributed by atoms with Crippen molar-refractivity contribution in [3.8, 4) is 28.2 Å². The summed E-state index contributed by atoms with van der Waals surface area (Å²) >= 11 is 19.5. The SMILES string of the molecule is C[S@@](=O)c1cc(-c2ccc(-n3cc(C(C)(C)O)nc3-c3cccc(Cl)c3Cl)c(Cl)c2)ccc1CO. The zero-order chi connectivity index (χ0) is 25.5. The van der Waals surface area contributed by atoms with Crippen LogP contribution < -0.4 is 0 Å². The Labute approximate surface area is 221 Å². The lowest BCUT2D eigenvalue weighted by molar-refractivity contribution is 0.0743. The fourth-order valence-corrected chi connectivity index (χ4v) is 5.19. The van der Waals surface area contributed by atoms with Crippen LogP contribution in [0.5, 0.6) is 0 Å². The van der Waals surface area contributed by atoms with Gasteiger partial charge in [-0.15, -0.1) is 0 Å². The average molecular weight is 550 g/mol. The molecule has 1 aromatic heterocycles. The van der Waals surface area contributed by atoms with Crippen LogP contribution in [0.25, 0.3) is 28.2 Å². The number of aromatic nitrogens is 2. The predicted octanol–water partition coefficient (Wildman–Crippen LogP) is 6.62. The second-order valence-corrected chi connectivity index (χ2v) is 11.1. The van der Waals surface area contributed by atoms with Crippen molar-refractivity contribution >= 4 is 45.6 Å². The first-order chi connectivity index (χ1) is 16.5. The van der Waals surface area contributed by atoms with Crippen LogP contribution in [0.1, 0.15) is 25.1 Å². The third-order valence-electron chi connectivity index (χ3n) is 5.61. The zero-order valence-corrected chi connectivity index (χ0v) is 22.3. The summed E-state index contributed by atoms with van der Waals surface area (Å²) in [5.41, 5.74) is 2.75. The molecule has 0 aliphatic rings. The molecule has 0 aliphatic heterocycles. The summed E-state index contributed by atoms with van der Waals surface area (Å²) < 4.78 is 13.9. The Hall–Kier alpha value is -2.19. The van der Waals surface area contributed by atoms with E-state index < -0.39 is 16.4 Å². The second-order valence-electron chi connectivity index (χ2n) is 8.58. The number of aliphatic hydroxyl groups is 2. The van der Waals surface area contributed by atoms with E-state index in [-0.39, 0.29) is 6.61 Å². The van der Waals surface area contributed by atoms with Crippen LogP contribution in [0.2, 0.25) is 15.1 Å². The van der Waals surface area contributed by atoms with Crippen LogP contribution in [0.4, 0.5) is 0 Å². The van der Waals surface area contributed by atoms with E-state index in [1.807, 2.05) is 18.2 Å². The smallest absolute Gasteiger partial charge is 0.146 e. The van der Waals surface area contributed by atoms with Gasteiger partial charge in [0, 0.05) is 22.9 Å². The third kappa shape index (κ3) is 5.19. The maximum absolute atomic E-state index is 12.1. The summed E-state index contributed by atoms with van der Waals surface area (Å²) in [5, 5.41) is 21.3. The number of halogens is 3. The molecule has 5 nitrogen and oxygen atoms in total. The van der Waals surface area contributed by atoms with E-state index in [0.29, 0.717) is 48.3 Å². The van der Waals surface area contributed by atoms with Crippen LogP contribution in [0.3, 0.4) is 0 Å². The van der Waals surface area contributed by atoms with Crippen molar-refractivity contribution in [2.24, 2.45) is 0 Å². The van der Waals surface area contributed by atoms with Gasteiger partial charge in [0.2, 0.25) is 0 Å². The fourth-order valence-electron chi connectivity index (χ4n) is 3.74. The first-order valence-electron chi connectivity index (χ1n) is 10.7. The van der Waals surface area contributed by atoms with Crippen molar-refractivity contribution in [2.75, 3.05) is 6.26 Å². The largest absolute Gasteiger partial charge is 0.392 e. The summed E-state index contributed by atoms with van der Waals surface area (Å²) in [6.45, 7) is 3.12. The molecular weight excluding hydrogens is 527 g/mol. The average Bonchev–Trinajstić information content (AvgIpc) is 3.26. The van der Waals surface area contributed by atoms with E-state index in [1.54, 1.807) is 67.3 Å². The third-order valence-corrected chi connectivity index (χ3v) is 7.73. The number of hydrogen-bond acceptors (Lipinski definition) is 4. The Kier molecular flexibility index (Phi) is 7.44. The monoisotopic (exact) mass is 548 g/mol. The molecule has 4 aromatic rings. The maximum Gasteiger partial charge on any atom is 0.146 e. The van der Waals surface area contributed by atoms with E-state index in [0.717, 1.165) is 11.1 Å². The highest BCUT2D eigenvalue weighted by molar-refractivity contribution is 7.84. The zero-order valence-electron chi connectivity index (χ0n) is 19.2. The number of nitrogens with zero attached hydrogens (tertiary/aromatic N) is 2. The molecule has 0 saturated heterocycles. The van der Waals surface area contributed by atoms with Crippen molar-refractivity contribution < 1.29 is 14.4 Å². The van der Waals surface area contributed by atoms with Crippen molar-refractivity contribution in [1.29, 1.82) is 0 Å². The first-order valence-corrected chi connectivity index (χ1v) is 13.3. The van der Waals surface area contributed by atoms with Crippen LogP contribution in [0, 0.1) is 0 Å². The van der Waals surface area contributed by atoms with Gasteiger partial charge in [-0.3, -0.25) is 8.78 Å². The molecule has 182 valence electrons. The van der Waals surface area contributed by atoms with Crippen molar-refractivity contribution in [3.63, 3.8) is 0 Å². The summed E-state index contributed by atoms with van der Waals surface area (Å²) in [7, 11) is -1.25. The van der Waals surface area contributed by atoms with Gasteiger partial charge in [-0.2, -0.15) is 0 Å². The Balaban J connectivity index is 1.86. The van der Waals surface area contributed by atoms with Gasteiger partial charge in [-0.1, -0.05) is 59.1 Å². The first kappa shape index (κ1) is 25.9. The molecule has 0 fully saturated rings. The molecular formula is C26H23Cl3N2O3S. The Morgan fingerprint density at radius 1 is 1.00 bits per heavy atom. The molecule has 4 rings (SSSR count). The molecule has 2 N–H and O–H groups in total. The molecule has 0 bridgehead atoms.